The van der Waals surface area contributed by atoms with Crippen molar-refractivity contribution in [1.29, 1.82) is 0 Å². The van der Waals surface area contributed by atoms with Gasteiger partial charge in [0.25, 0.3) is 0 Å². The zero-order chi connectivity index (χ0) is 15.4. The molecule has 0 fully saturated rings. The second-order valence-corrected chi connectivity index (χ2v) is 5.07. The first-order chi connectivity index (χ1) is 9.95. The highest BCUT2D eigenvalue weighted by molar-refractivity contribution is 5.84. The van der Waals surface area contributed by atoms with Crippen molar-refractivity contribution in [3.8, 4) is 5.75 Å². The Labute approximate surface area is 123 Å². The molecular weight excluding hydrogens is 270 g/mol. The highest BCUT2D eigenvalue weighted by Crippen LogP contribution is 2.23. The first kappa shape index (κ1) is 15.0. The summed E-state index contributed by atoms with van der Waals surface area (Å²) in [6.45, 7) is 6.38. The van der Waals surface area contributed by atoms with Gasteiger partial charge in [0.05, 0.1) is 12.6 Å². The van der Waals surface area contributed by atoms with Crippen LogP contribution >= 0.6 is 0 Å². The van der Waals surface area contributed by atoms with Crippen LogP contribution in [-0.2, 0) is 6.54 Å². The van der Waals surface area contributed by atoms with Crippen LogP contribution in [0.1, 0.15) is 35.7 Å². The lowest BCUT2D eigenvalue weighted by atomic mass is 10.2. The Morgan fingerprint density at radius 1 is 1.33 bits per heavy atom. The molecule has 0 unspecified atom stereocenters. The molecular formula is C16H19NO4. The number of rotatable bonds is 6. The summed E-state index contributed by atoms with van der Waals surface area (Å²) >= 11 is 0. The maximum absolute atomic E-state index is 10.7. The molecule has 0 aliphatic rings. The van der Waals surface area contributed by atoms with Gasteiger partial charge < -0.3 is 19.6 Å². The molecule has 1 aromatic carbocycles. The fourth-order valence-electron chi connectivity index (χ4n) is 1.95. The van der Waals surface area contributed by atoms with Gasteiger partial charge in [0.15, 0.2) is 0 Å². The van der Waals surface area contributed by atoms with Crippen LogP contribution in [0.15, 0.2) is 34.7 Å². The number of hydrogen-bond acceptors (Lipinski definition) is 4. The van der Waals surface area contributed by atoms with Gasteiger partial charge in [-0.3, -0.25) is 0 Å². The van der Waals surface area contributed by atoms with E-state index < -0.39 is 5.97 Å². The van der Waals surface area contributed by atoms with E-state index in [1.54, 1.807) is 6.07 Å². The molecule has 0 aliphatic heterocycles. The number of aromatic carboxylic acids is 1. The standard InChI is InChI=1S/C16H19NO4/c1-10(2)20-12-4-6-14(11(3)8-12)17-9-13-5-7-15(21-13)16(18)19/h4-8,10,17H,9H2,1-3H3,(H,18,19). The lowest BCUT2D eigenvalue weighted by Gasteiger charge is -2.13. The third-order valence-electron chi connectivity index (χ3n) is 2.90. The van der Waals surface area contributed by atoms with Crippen LogP contribution in [0.2, 0.25) is 0 Å². The van der Waals surface area contributed by atoms with E-state index in [1.807, 2.05) is 39.0 Å². The predicted molar refractivity (Wildman–Crippen MR) is 79.9 cm³/mol. The third kappa shape index (κ3) is 4.02. The molecule has 0 radical (unpaired) electrons. The van der Waals surface area contributed by atoms with Gasteiger partial charge in [-0.1, -0.05) is 0 Å². The molecule has 2 N–H and O–H groups in total. The molecule has 0 aliphatic carbocycles. The van der Waals surface area contributed by atoms with Gasteiger partial charge >= 0.3 is 5.97 Å². The molecule has 0 saturated heterocycles. The van der Waals surface area contributed by atoms with Crippen LogP contribution in [0.25, 0.3) is 0 Å². The van der Waals surface area contributed by atoms with Crippen molar-refractivity contribution >= 4 is 11.7 Å². The Balaban J connectivity index is 2.00. The van der Waals surface area contributed by atoms with Gasteiger partial charge in [-0.05, 0) is 56.7 Å². The van der Waals surface area contributed by atoms with Gasteiger partial charge in [0, 0.05) is 5.69 Å². The predicted octanol–water partition coefficient (Wildman–Crippen LogP) is 3.69. The first-order valence-electron chi connectivity index (χ1n) is 6.79. The van der Waals surface area contributed by atoms with Crippen molar-refractivity contribution in [2.75, 3.05) is 5.32 Å². The fraction of sp³-hybridized carbons (Fsp3) is 0.312. The Hall–Kier alpha value is -2.43. The topological polar surface area (TPSA) is 71.7 Å². The molecule has 2 aromatic rings. The number of carbonyl (C=O) groups is 1. The molecule has 0 spiro atoms. The number of carboxylic acids is 1. The third-order valence-corrected chi connectivity index (χ3v) is 2.90. The SMILES string of the molecule is Cc1cc(OC(C)C)ccc1NCc1ccc(C(=O)O)o1. The van der Waals surface area contributed by atoms with Crippen LogP contribution in [0.5, 0.6) is 5.75 Å². The summed E-state index contributed by atoms with van der Waals surface area (Å²) in [7, 11) is 0. The van der Waals surface area contributed by atoms with Crippen LogP contribution in [0, 0.1) is 6.92 Å². The number of nitrogens with one attached hydrogen (secondary N) is 1. The second-order valence-electron chi connectivity index (χ2n) is 5.07. The fourth-order valence-corrected chi connectivity index (χ4v) is 1.95. The molecule has 2 rings (SSSR count). The summed E-state index contributed by atoms with van der Waals surface area (Å²) in [6, 6.07) is 8.91. The van der Waals surface area contributed by atoms with Gasteiger partial charge in [-0.15, -0.1) is 0 Å². The molecule has 0 saturated carbocycles. The lowest BCUT2D eigenvalue weighted by molar-refractivity contribution is 0.0660. The molecule has 112 valence electrons. The molecule has 5 nitrogen and oxygen atoms in total. The zero-order valence-electron chi connectivity index (χ0n) is 12.3. The summed E-state index contributed by atoms with van der Waals surface area (Å²) in [4.78, 5) is 10.7. The average molecular weight is 289 g/mol. The van der Waals surface area contributed by atoms with Gasteiger partial charge in [-0.2, -0.15) is 0 Å². The van der Waals surface area contributed by atoms with Crippen molar-refractivity contribution in [3.05, 3.63) is 47.4 Å². The summed E-state index contributed by atoms with van der Waals surface area (Å²) in [6.07, 6.45) is 0.140. The molecule has 0 bridgehead atoms. The smallest absolute Gasteiger partial charge is 0.371 e. The Morgan fingerprint density at radius 2 is 2.10 bits per heavy atom. The number of benzene rings is 1. The maximum atomic E-state index is 10.7. The van der Waals surface area contributed by atoms with E-state index in [1.165, 1.54) is 6.07 Å². The number of anilines is 1. The van der Waals surface area contributed by atoms with E-state index in [0.29, 0.717) is 12.3 Å². The minimum atomic E-state index is -1.06. The molecule has 0 atom stereocenters. The maximum Gasteiger partial charge on any atom is 0.371 e. The van der Waals surface area contributed by atoms with E-state index in [4.69, 9.17) is 14.3 Å². The quantitative estimate of drug-likeness (QED) is 0.848. The number of carboxylic acid groups (broad SMARTS) is 1. The molecule has 1 aromatic heterocycles. The highest BCUT2D eigenvalue weighted by atomic mass is 16.5. The Morgan fingerprint density at radius 3 is 2.67 bits per heavy atom. The Kier molecular flexibility index (Phi) is 4.52. The lowest BCUT2D eigenvalue weighted by Crippen LogP contribution is -2.06. The number of aryl methyl sites for hydroxylation is 1. The summed E-state index contributed by atoms with van der Waals surface area (Å²) < 4.78 is 10.8. The monoisotopic (exact) mass is 289 g/mol. The van der Waals surface area contributed by atoms with E-state index >= 15 is 0 Å². The molecule has 21 heavy (non-hydrogen) atoms. The molecule has 1 heterocycles. The highest BCUT2D eigenvalue weighted by Gasteiger charge is 2.09. The van der Waals surface area contributed by atoms with Crippen molar-refractivity contribution in [1.82, 2.24) is 0 Å². The van der Waals surface area contributed by atoms with Crippen LogP contribution in [0.3, 0.4) is 0 Å². The first-order valence-corrected chi connectivity index (χ1v) is 6.79. The van der Waals surface area contributed by atoms with E-state index in [2.05, 4.69) is 5.32 Å². The van der Waals surface area contributed by atoms with E-state index in [-0.39, 0.29) is 11.9 Å². The largest absolute Gasteiger partial charge is 0.491 e. The Bertz CT molecular complexity index is 631. The van der Waals surface area contributed by atoms with Crippen LogP contribution in [0.4, 0.5) is 5.69 Å². The number of ether oxygens (including phenoxy) is 1. The van der Waals surface area contributed by atoms with Crippen LogP contribution in [-0.4, -0.2) is 17.2 Å². The number of hydrogen-bond donors (Lipinski definition) is 2. The van der Waals surface area contributed by atoms with Gasteiger partial charge in [-0.25, -0.2) is 4.79 Å². The van der Waals surface area contributed by atoms with E-state index in [0.717, 1.165) is 17.0 Å². The summed E-state index contributed by atoms with van der Waals surface area (Å²) in [5.41, 5.74) is 2.01. The van der Waals surface area contributed by atoms with E-state index in [9.17, 15) is 4.79 Å². The zero-order valence-corrected chi connectivity index (χ0v) is 12.3. The summed E-state index contributed by atoms with van der Waals surface area (Å²) in [5.74, 6) is 0.297. The minimum Gasteiger partial charge on any atom is -0.491 e. The number of furan rings is 1. The van der Waals surface area contributed by atoms with Gasteiger partial charge in [0.2, 0.25) is 5.76 Å². The minimum absolute atomic E-state index is 0.0517. The van der Waals surface area contributed by atoms with Crippen molar-refractivity contribution in [3.63, 3.8) is 0 Å². The second kappa shape index (κ2) is 6.35. The van der Waals surface area contributed by atoms with Gasteiger partial charge in [0.1, 0.15) is 11.5 Å². The van der Waals surface area contributed by atoms with Crippen molar-refractivity contribution in [2.45, 2.75) is 33.4 Å². The van der Waals surface area contributed by atoms with Crippen molar-refractivity contribution < 1.29 is 19.1 Å². The molecule has 0 amide bonds. The molecule has 5 heteroatoms. The van der Waals surface area contributed by atoms with Crippen LogP contribution < -0.4 is 10.1 Å². The van der Waals surface area contributed by atoms with Crippen molar-refractivity contribution in [2.24, 2.45) is 0 Å². The normalized spacial score (nSPS) is 10.7. The average Bonchev–Trinajstić information content (AvgIpc) is 2.86. The summed E-state index contributed by atoms with van der Waals surface area (Å²) in [5, 5.41) is 12.0.